The van der Waals surface area contributed by atoms with Gasteiger partial charge in [-0.05, 0) is 111 Å². The van der Waals surface area contributed by atoms with Crippen LogP contribution < -0.4 is 28.4 Å². The molecule has 4 aromatic carbocycles. The lowest BCUT2D eigenvalue weighted by Gasteiger charge is -2.40. The number of fused-ring (bicyclic) bond motifs is 2. The number of ether oxygens (including phenoxy) is 6. The Labute approximate surface area is 326 Å². The fourth-order valence-electron chi connectivity index (χ4n) is 9.16. The van der Waals surface area contributed by atoms with E-state index in [0.29, 0.717) is 34.5 Å². The summed E-state index contributed by atoms with van der Waals surface area (Å²) in [6.45, 7) is 10.1. The van der Waals surface area contributed by atoms with Gasteiger partial charge in [-0.15, -0.1) is 0 Å². The molecule has 5 aliphatic heterocycles. The Morgan fingerprint density at radius 1 is 0.636 bits per heavy atom. The highest BCUT2D eigenvalue weighted by Gasteiger charge is 2.38. The predicted molar refractivity (Wildman–Crippen MR) is 215 cm³/mol. The summed E-state index contributed by atoms with van der Waals surface area (Å²) < 4.78 is 38.5. The molecule has 2 unspecified atom stereocenters. The molecule has 5 heterocycles. The normalized spacial score (nSPS) is 20.4. The summed E-state index contributed by atoms with van der Waals surface area (Å²) >= 11 is 0. The second-order valence-electron chi connectivity index (χ2n) is 15.4. The number of methoxy groups -OCH3 is 4. The van der Waals surface area contributed by atoms with E-state index >= 15 is 0 Å². The third-order valence-corrected chi connectivity index (χ3v) is 12.4. The van der Waals surface area contributed by atoms with Crippen molar-refractivity contribution in [2.45, 2.75) is 51.2 Å². The Morgan fingerprint density at radius 2 is 1.29 bits per heavy atom. The van der Waals surface area contributed by atoms with Gasteiger partial charge in [-0.3, -0.25) is 14.7 Å². The molecule has 4 aromatic rings. The molecule has 1 saturated heterocycles. The van der Waals surface area contributed by atoms with Crippen molar-refractivity contribution in [3.63, 3.8) is 0 Å². The van der Waals surface area contributed by atoms with E-state index < -0.39 is 0 Å². The molecular formula is C45H56N4O6. The van der Waals surface area contributed by atoms with Crippen LogP contribution in [0.25, 0.3) is 0 Å². The van der Waals surface area contributed by atoms with Gasteiger partial charge in [-0.1, -0.05) is 25.1 Å². The average Bonchev–Trinajstić information content (AvgIpc) is 3.21. The molecule has 0 amide bonds. The standard InChI is InChI=1S/C45H56N4O6/c1-8-48-19-21-49(22-20-48)28-35-33-16-18-47(3)37-24-30-11-14-38(50-4)40(25-30)54-32-12-9-29(10-13-32)23-36-34-27-41(39(51-5)26-31(34)15-17-46(36)2)55-44(42(33)37)45(53-7)43(35)52-6/h9-14,25-27,36-37H,8,15-24,28H2,1-7H3. The quantitative estimate of drug-likeness (QED) is 0.193. The summed E-state index contributed by atoms with van der Waals surface area (Å²) in [4.78, 5) is 9.97. The summed E-state index contributed by atoms with van der Waals surface area (Å²) in [5.41, 5.74) is 8.51. The van der Waals surface area contributed by atoms with E-state index in [1.54, 1.807) is 28.4 Å². The molecule has 0 radical (unpaired) electrons. The van der Waals surface area contributed by atoms with Crippen LogP contribution in [0.2, 0.25) is 0 Å². The van der Waals surface area contributed by atoms with Crippen LogP contribution >= 0.6 is 0 Å². The van der Waals surface area contributed by atoms with Crippen LogP contribution in [-0.4, -0.2) is 108 Å². The van der Waals surface area contributed by atoms with Gasteiger partial charge in [0.1, 0.15) is 5.75 Å². The Morgan fingerprint density at radius 3 is 2.00 bits per heavy atom. The number of benzene rings is 4. The van der Waals surface area contributed by atoms with Gasteiger partial charge < -0.3 is 33.3 Å². The van der Waals surface area contributed by atoms with Crippen molar-refractivity contribution >= 4 is 0 Å². The lowest BCUT2D eigenvalue weighted by molar-refractivity contribution is 0.130. The molecule has 10 nitrogen and oxygen atoms in total. The molecule has 2 atom stereocenters. The first kappa shape index (κ1) is 37.4. The van der Waals surface area contributed by atoms with Crippen LogP contribution in [-0.2, 0) is 32.2 Å². The Hall–Kier alpha value is -4.48. The fourth-order valence-corrected chi connectivity index (χ4v) is 9.16. The summed E-state index contributed by atoms with van der Waals surface area (Å²) in [7, 11) is 11.3. The van der Waals surface area contributed by atoms with Crippen LogP contribution in [0.4, 0.5) is 0 Å². The van der Waals surface area contributed by atoms with Crippen LogP contribution in [0, 0.1) is 0 Å². The Bertz CT molecular complexity index is 2010. The monoisotopic (exact) mass is 748 g/mol. The molecule has 0 N–H and O–H groups in total. The number of piperazine rings is 1. The zero-order chi connectivity index (χ0) is 38.2. The predicted octanol–water partition coefficient (Wildman–Crippen LogP) is 7.30. The molecule has 292 valence electrons. The van der Waals surface area contributed by atoms with E-state index in [1.807, 2.05) is 6.07 Å². The number of rotatable bonds is 7. The van der Waals surface area contributed by atoms with Crippen molar-refractivity contribution in [3.05, 3.63) is 93.5 Å². The minimum atomic E-state index is -0.0313. The number of hydrogen-bond acceptors (Lipinski definition) is 10. The van der Waals surface area contributed by atoms with E-state index in [9.17, 15) is 0 Å². The van der Waals surface area contributed by atoms with Crippen LogP contribution in [0.1, 0.15) is 58.0 Å². The molecule has 6 bridgehead atoms. The van der Waals surface area contributed by atoms with E-state index in [-0.39, 0.29) is 12.1 Å². The van der Waals surface area contributed by atoms with Crippen LogP contribution in [0.3, 0.4) is 0 Å². The van der Waals surface area contributed by atoms with Gasteiger partial charge in [0.2, 0.25) is 5.75 Å². The smallest absolute Gasteiger partial charge is 0.204 e. The number of nitrogens with zero attached hydrogens (tertiary/aromatic N) is 4. The Balaban J connectivity index is 1.35. The molecule has 0 spiro atoms. The molecule has 5 aliphatic rings. The van der Waals surface area contributed by atoms with Gasteiger partial charge in [-0.2, -0.15) is 0 Å². The molecule has 9 rings (SSSR count). The highest BCUT2D eigenvalue weighted by Crippen LogP contribution is 2.54. The van der Waals surface area contributed by atoms with Crippen LogP contribution in [0.5, 0.6) is 46.0 Å². The van der Waals surface area contributed by atoms with Gasteiger partial charge in [0, 0.05) is 69.0 Å². The summed E-state index contributed by atoms with van der Waals surface area (Å²) in [6, 6.07) is 19.3. The maximum absolute atomic E-state index is 7.28. The second-order valence-corrected chi connectivity index (χ2v) is 15.4. The van der Waals surface area contributed by atoms with E-state index in [1.165, 1.54) is 27.8 Å². The molecule has 0 saturated carbocycles. The molecule has 1 fully saturated rings. The molecular weight excluding hydrogens is 693 g/mol. The molecule has 10 heteroatoms. The van der Waals surface area contributed by atoms with Gasteiger partial charge in [0.15, 0.2) is 34.5 Å². The first-order chi connectivity index (χ1) is 26.8. The van der Waals surface area contributed by atoms with Gasteiger partial charge in [0.05, 0.1) is 28.4 Å². The number of hydrogen-bond donors (Lipinski definition) is 0. The molecule has 0 aliphatic carbocycles. The fraction of sp³-hybridized carbons (Fsp3) is 0.467. The van der Waals surface area contributed by atoms with E-state index in [2.05, 4.69) is 89.1 Å². The third kappa shape index (κ3) is 7.21. The van der Waals surface area contributed by atoms with Crippen LogP contribution in [0.15, 0.2) is 54.6 Å². The zero-order valence-corrected chi connectivity index (χ0v) is 33.6. The maximum atomic E-state index is 7.28. The average molecular weight is 749 g/mol. The van der Waals surface area contributed by atoms with Crippen molar-refractivity contribution in [2.24, 2.45) is 0 Å². The maximum Gasteiger partial charge on any atom is 0.204 e. The topological polar surface area (TPSA) is 68.3 Å². The number of likely N-dealkylation sites (N-methyl/N-ethyl adjacent to an activating group) is 3. The SMILES string of the molecule is CCN1CCN(Cc2c3c4c(c(OC)c2OC)Oc2cc5c(cc2OC)CCN(C)C5Cc2ccc(cc2)Oc2cc(ccc2OC)CC4N(C)CC3)CC1. The van der Waals surface area contributed by atoms with Crippen molar-refractivity contribution in [3.8, 4) is 46.0 Å². The molecule has 0 aromatic heterocycles. The minimum absolute atomic E-state index is 0.0313. The van der Waals surface area contributed by atoms with Gasteiger partial charge >= 0.3 is 0 Å². The highest BCUT2D eigenvalue weighted by molar-refractivity contribution is 5.67. The van der Waals surface area contributed by atoms with Crippen molar-refractivity contribution in [1.82, 2.24) is 19.6 Å². The lowest BCUT2D eigenvalue weighted by atomic mass is 9.84. The van der Waals surface area contributed by atoms with E-state index in [0.717, 1.165) is 101 Å². The highest BCUT2D eigenvalue weighted by atomic mass is 16.5. The first-order valence-electron chi connectivity index (χ1n) is 19.8. The van der Waals surface area contributed by atoms with E-state index in [4.69, 9.17) is 28.4 Å². The first-order valence-corrected chi connectivity index (χ1v) is 19.8. The van der Waals surface area contributed by atoms with Gasteiger partial charge in [0.25, 0.3) is 0 Å². The summed E-state index contributed by atoms with van der Waals surface area (Å²) in [6.07, 6.45) is 3.36. The summed E-state index contributed by atoms with van der Waals surface area (Å²) in [5.74, 6) is 5.61. The zero-order valence-electron chi connectivity index (χ0n) is 33.6. The lowest BCUT2D eigenvalue weighted by Crippen LogP contribution is -2.46. The Kier molecular flexibility index (Phi) is 10.9. The molecule has 55 heavy (non-hydrogen) atoms. The van der Waals surface area contributed by atoms with Crippen molar-refractivity contribution < 1.29 is 28.4 Å². The van der Waals surface area contributed by atoms with Gasteiger partial charge in [-0.25, -0.2) is 0 Å². The van der Waals surface area contributed by atoms with Crippen molar-refractivity contribution in [2.75, 3.05) is 88.3 Å². The largest absolute Gasteiger partial charge is 0.493 e. The third-order valence-electron chi connectivity index (χ3n) is 12.4. The summed E-state index contributed by atoms with van der Waals surface area (Å²) in [5, 5.41) is 0. The van der Waals surface area contributed by atoms with Crippen molar-refractivity contribution in [1.29, 1.82) is 0 Å². The minimum Gasteiger partial charge on any atom is -0.493 e. The second kappa shape index (κ2) is 15.9.